The van der Waals surface area contributed by atoms with Crippen molar-refractivity contribution in [1.29, 1.82) is 0 Å². The molecular weight excluding hydrogens is 365 g/mol. The van der Waals surface area contributed by atoms with Crippen LogP contribution in [0.1, 0.15) is 19.8 Å². The summed E-state index contributed by atoms with van der Waals surface area (Å²) in [4.78, 5) is 10.7. The molecule has 13 heteroatoms. The van der Waals surface area contributed by atoms with E-state index in [1.807, 2.05) is 0 Å². The third-order valence-electron chi connectivity index (χ3n) is 3.02. The van der Waals surface area contributed by atoms with Crippen molar-refractivity contribution >= 4 is 5.97 Å². The van der Waals surface area contributed by atoms with Crippen LogP contribution in [-0.2, 0) is 4.79 Å². The van der Waals surface area contributed by atoms with Gasteiger partial charge in [0.05, 0.1) is 0 Å². The quantitative estimate of drug-likeness (QED) is 0.539. The third kappa shape index (κ3) is 4.23. The second-order valence-corrected chi connectivity index (χ2v) is 4.87. The Morgan fingerprint density at radius 3 is 1.79 bits per heavy atom. The van der Waals surface area contributed by atoms with Crippen molar-refractivity contribution in [3.63, 3.8) is 0 Å². The summed E-state index contributed by atoms with van der Waals surface area (Å²) in [6, 6.07) is -1.59. The van der Waals surface area contributed by atoms with Crippen LogP contribution in [0.3, 0.4) is 0 Å². The molecule has 0 unspecified atom stereocenters. The lowest BCUT2D eigenvalue weighted by Crippen LogP contribution is -2.65. The molecule has 0 saturated heterocycles. The molecular formula is C11H14F9NO3. The number of rotatable bonds is 9. The Morgan fingerprint density at radius 1 is 1.00 bits per heavy atom. The summed E-state index contributed by atoms with van der Waals surface area (Å²) in [5.41, 5.74) is 0. The maximum Gasteiger partial charge on any atom is 0.460 e. The first-order chi connectivity index (χ1) is 10.5. The van der Waals surface area contributed by atoms with Crippen LogP contribution in [0.4, 0.5) is 39.5 Å². The number of aliphatic carboxylic acids is 1. The Balaban J connectivity index is 5.31. The van der Waals surface area contributed by atoms with Gasteiger partial charge in [-0.3, -0.25) is 4.79 Å². The molecule has 144 valence electrons. The number of hydrogen-bond donors (Lipinski definition) is 3. The number of carboxylic acid groups (broad SMARTS) is 1. The van der Waals surface area contributed by atoms with E-state index in [1.165, 1.54) is 6.92 Å². The Hall–Kier alpha value is -1.24. The van der Waals surface area contributed by atoms with Crippen molar-refractivity contribution in [2.75, 3.05) is 6.54 Å². The van der Waals surface area contributed by atoms with E-state index in [0.29, 0.717) is 0 Å². The normalized spacial score (nSPS) is 16.8. The molecule has 2 atom stereocenters. The standard InChI is InChI=1S/C11H14F9NO3/c1-2-3-5(7(23)24)21-4-6(22)8(12,13)9(14,15)10(16,17)11(18,19)20/h5-6,21-22H,2-4H2,1H3,(H,23,24)/t5-,6-/m0/s1. The first kappa shape index (κ1) is 22.8. The number of nitrogens with one attached hydrogen (secondary N) is 1. The van der Waals surface area contributed by atoms with Crippen molar-refractivity contribution in [1.82, 2.24) is 5.32 Å². The van der Waals surface area contributed by atoms with E-state index >= 15 is 0 Å². The summed E-state index contributed by atoms with van der Waals surface area (Å²) in [6.45, 7) is -0.172. The first-order valence-corrected chi connectivity index (χ1v) is 6.38. The number of aliphatic hydroxyl groups is 1. The summed E-state index contributed by atoms with van der Waals surface area (Å²) < 4.78 is 114. The van der Waals surface area contributed by atoms with Crippen LogP contribution in [0.5, 0.6) is 0 Å². The van der Waals surface area contributed by atoms with Crippen molar-refractivity contribution in [2.45, 2.75) is 55.9 Å². The average Bonchev–Trinajstić information content (AvgIpc) is 2.40. The Bertz CT molecular complexity index is 439. The van der Waals surface area contributed by atoms with Gasteiger partial charge in [-0.15, -0.1) is 0 Å². The van der Waals surface area contributed by atoms with Crippen LogP contribution in [0.2, 0.25) is 0 Å². The molecule has 0 heterocycles. The van der Waals surface area contributed by atoms with Gasteiger partial charge in [-0.1, -0.05) is 13.3 Å². The molecule has 0 saturated carbocycles. The predicted octanol–water partition coefficient (Wildman–Crippen LogP) is 2.66. The van der Waals surface area contributed by atoms with Gasteiger partial charge >= 0.3 is 29.9 Å². The van der Waals surface area contributed by atoms with E-state index in [1.54, 1.807) is 5.32 Å². The van der Waals surface area contributed by atoms with Gasteiger partial charge in [-0.25, -0.2) is 0 Å². The topological polar surface area (TPSA) is 69.6 Å². The summed E-state index contributed by atoms with van der Waals surface area (Å²) in [6.07, 6.45) is -10.7. The average molecular weight is 379 g/mol. The van der Waals surface area contributed by atoms with E-state index in [-0.39, 0.29) is 12.8 Å². The van der Waals surface area contributed by atoms with E-state index in [4.69, 9.17) is 10.2 Å². The summed E-state index contributed by atoms with van der Waals surface area (Å²) in [5.74, 6) is -21.9. The highest BCUT2D eigenvalue weighted by Crippen LogP contribution is 2.53. The van der Waals surface area contributed by atoms with Crippen molar-refractivity contribution in [2.24, 2.45) is 0 Å². The molecule has 0 aromatic heterocycles. The fourth-order valence-corrected chi connectivity index (χ4v) is 1.58. The zero-order valence-electron chi connectivity index (χ0n) is 12.0. The van der Waals surface area contributed by atoms with Gasteiger partial charge in [-0.05, 0) is 6.42 Å². The lowest BCUT2D eigenvalue weighted by atomic mass is 9.98. The molecule has 0 spiro atoms. The Kier molecular flexibility index (Phi) is 6.95. The van der Waals surface area contributed by atoms with Gasteiger partial charge in [0.25, 0.3) is 0 Å². The molecule has 0 aromatic carbocycles. The van der Waals surface area contributed by atoms with Crippen LogP contribution in [0.15, 0.2) is 0 Å². The molecule has 0 fully saturated rings. The van der Waals surface area contributed by atoms with Crippen LogP contribution < -0.4 is 5.32 Å². The molecule has 4 nitrogen and oxygen atoms in total. The molecule has 0 aliphatic heterocycles. The van der Waals surface area contributed by atoms with Gasteiger partial charge in [0.15, 0.2) is 0 Å². The summed E-state index contributed by atoms with van der Waals surface area (Å²) in [5, 5.41) is 19.3. The van der Waals surface area contributed by atoms with E-state index in [0.717, 1.165) is 0 Å². The number of hydrogen-bond acceptors (Lipinski definition) is 3. The predicted molar refractivity (Wildman–Crippen MR) is 61.2 cm³/mol. The van der Waals surface area contributed by atoms with Crippen molar-refractivity contribution in [3.05, 3.63) is 0 Å². The lowest BCUT2D eigenvalue weighted by molar-refractivity contribution is -0.405. The van der Waals surface area contributed by atoms with Crippen LogP contribution in [0.25, 0.3) is 0 Å². The molecule has 0 rings (SSSR count). The van der Waals surface area contributed by atoms with Crippen LogP contribution in [-0.4, -0.2) is 58.8 Å². The highest BCUT2D eigenvalue weighted by molar-refractivity contribution is 5.73. The molecule has 0 bridgehead atoms. The number of alkyl halides is 9. The van der Waals surface area contributed by atoms with Crippen molar-refractivity contribution in [3.8, 4) is 0 Å². The van der Waals surface area contributed by atoms with Gasteiger partial charge in [0.2, 0.25) is 0 Å². The number of carbonyl (C=O) groups is 1. The first-order valence-electron chi connectivity index (χ1n) is 6.38. The maximum atomic E-state index is 13.3. The molecule has 24 heavy (non-hydrogen) atoms. The van der Waals surface area contributed by atoms with E-state index in [9.17, 15) is 44.3 Å². The molecule has 0 aliphatic rings. The molecule has 0 aliphatic carbocycles. The SMILES string of the molecule is CCC[C@H](NC[C@H](O)C(F)(F)C(F)(F)C(F)(F)C(F)(F)F)C(=O)O. The number of halogens is 9. The second-order valence-electron chi connectivity index (χ2n) is 4.87. The zero-order chi connectivity index (χ0) is 19.6. The van der Waals surface area contributed by atoms with E-state index in [2.05, 4.69) is 0 Å². The number of carboxylic acids is 1. The van der Waals surface area contributed by atoms with Gasteiger partial charge in [-0.2, -0.15) is 39.5 Å². The minimum absolute atomic E-state index is 0.192. The summed E-state index contributed by atoms with van der Waals surface area (Å²) in [7, 11) is 0. The third-order valence-corrected chi connectivity index (χ3v) is 3.02. The fourth-order valence-electron chi connectivity index (χ4n) is 1.58. The molecule has 0 aromatic rings. The largest absolute Gasteiger partial charge is 0.480 e. The second kappa shape index (κ2) is 7.33. The Morgan fingerprint density at radius 2 is 1.46 bits per heavy atom. The number of aliphatic hydroxyl groups excluding tert-OH is 1. The minimum atomic E-state index is -7.11. The highest BCUT2D eigenvalue weighted by Gasteiger charge is 2.83. The monoisotopic (exact) mass is 379 g/mol. The van der Waals surface area contributed by atoms with Crippen LogP contribution >= 0.6 is 0 Å². The maximum absolute atomic E-state index is 13.3. The van der Waals surface area contributed by atoms with Crippen LogP contribution in [0, 0.1) is 0 Å². The summed E-state index contributed by atoms with van der Waals surface area (Å²) >= 11 is 0. The van der Waals surface area contributed by atoms with Gasteiger partial charge in [0, 0.05) is 6.54 Å². The van der Waals surface area contributed by atoms with E-state index < -0.39 is 48.6 Å². The molecule has 0 amide bonds. The molecule has 3 N–H and O–H groups in total. The lowest BCUT2D eigenvalue weighted by Gasteiger charge is -2.36. The van der Waals surface area contributed by atoms with Gasteiger partial charge in [0.1, 0.15) is 12.1 Å². The molecule has 0 radical (unpaired) electrons. The van der Waals surface area contributed by atoms with Crippen molar-refractivity contribution < 1.29 is 54.5 Å². The smallest absolute Gasteiger partial charge is 0.460 e. The highest BCUT2D eigenvalue weighted by atomic mass is 19.4. The fraction of sp³-hybridized carbons (Fsp3) is 0.909. The minimum Gasteiger partial charge on any atom is -0.480 e. The van der Waals surface area contributed by atoms with Gasteiger partial charge < -0.3 is 15.5 Å². The zero-order valence-corrected chi connectivity index (χ0v) is 12.0. The Labute approximate surface area is 129 Å².